The highest BCUT2D eigenvalue weighted by Crippen LogP contribution is 2.17. The third-order valence-electron chi connectivity index (χ3n) is 5.28. The Hall–Kier alpha value is -2.86. The van der Waals surface area contributed by atoms with E-state index in [4.69, 9.17) is 10.5 Å². The Morgan fingerprint density at radius 2 is 1.87 bits per heavy atom. The predicted octanol–water partition coefficient (Wildman–Crippen LogP) is 2.47. The summed E-state index contributed by atoms with van der Waals surface area (Å²) in [5.74, 6) is 0.363. The third-order valence-corrected chi connectivity index (χ3v) is 5.28. The second kappa shape index (κ2) is 11.4. The summed E-state index contributed by atoms with van der Waals surface area (Å²) in [7, 11) is 0. The van der Waals surface area contributed by atoms with Crippen molar-refractivity contribution >= 4 is 11.8 Å². The number of primary amides is 1. The number of hydrogen-bond donors (Lipinski definition) is 2. The van der Waals surface area contributed by atoms with E-state index >= 15 is 0 Å². The van der Waals surface area contributed by atoms with Gasteiger partial charge in [0.2, 0.25) is 11.8 Å². The molecular formula is C24H30N3O3. The molecule has 1 heterocycles. The maximum absolute atomic E-state index is 12.8. The zero-order valence-electron chi connectivity index (χ0n) is 17.3. The number of amides is 2. The fourth-order valence-electron chi connectivity index (χ4n) is 3.59. The van der Waals surface area contributed by atoms with Crippen molar-refractivity contribution < 1.29 is 14.3 Å². The second-order valence-corrected chi connectivity index (χ2v) is 7.57. The van der Waals surface area contributed by atoms with Crippen molar-refractivity contribution in [1.29, 1.82) is 0 Å². The summed E-state index contributed by atoms with van der Waals surface area (Å²) < 4.78 is 5.81. The molecule has 0 spiro atoms. The van der Waals surface area contributed by atoms with Gasteiger partial charge in [0.25, 0.3) is 0 Å². The SMILES string of the molecule is NC(=O)CCN(C(=O)[CH]Cc1ccc(OCc2ccccc2)cc1)C1CCCNC1. The Morgan fingerprint density at radius 3 is 2.53 bits per heavy atom. The molecule has 1 fully saturated rings. The van der Waals surface area contributed by atoms with Crippen molar-refractivity contribution in [2.45, 2.75) is 38.3 Å². The maximum Gasteiger partial charge on any atom is 0.227 e. The van der Waals surface area contributed by atoms with E-state index in [9.17, 15) is 9.59 Å². The fourth-order valence-corrected chi connectivity index (χ4v) is 3.59. The topological polar surface area (TPSA) is 84.7 Å². The van der Waals surface area contributed by atoms with Gasteiger partial charge in [-0.05, 0) is 49.1 Å². The molecule has 3 N–H and O–H groups in total. The molecule has 1 unspecified atom stereocenters. The van der Waals surface area contributed by atoms with Crippen molar-refractivity contribution in [2.24, 2.45) is 5.73 Å². The van der Waals surface area contributed by atoms with Crippen LogP contribution in [0.4, 0.5) is 0 Å². The summed E-state index contributed by atoms with van der Waals surface area (Å²) in [6.45, 7) is 2.61. The lowest BCUT2D eigenvalue weighted by Gasteiger charge is -2.34. The third kappa shape index (κ3) is 6.88. The molecule has 1 aliphatic rings. The number of rotatable bonds is 10. The highest BCUT2D eigenvalue weighted by molar-refractivity contribution is 5.86. The minimum absolute atomic E-state index is 0.0469. The molecule has 0 saturated carbocycles. The van der Waals surface area contributed by atoms with Crippen LogP contribution in [-0.2, 0) is 22.6 Å². The predicted molar refractivity (Wildman–Crippen MR) is 117 cm³/mol. The van der Waals surface area contributed by atoms with Crippen LogP contribution in [0.5, 0.6) is 5.75 Å². The lowest BCUT2D eigenvalue weighted by atomic mass is 10.0. The van der Waals surface area contributed by atoms with Crippen molar-refractivity contribution in [3.8, 4) is 5.75 Å². The van der Waals surface area contributed by atoms with Gasteiger partial charge in [-0.25, -0.2) is 0 Å². The first-order valence-corrected chi connectivity index (χ1v) is 10.5. The Labute approximate surface area is 178 Å². The van der Waals surface area contributed by atoms with E-state index in [2.05, 4.69) is 5.32 Å². The number of carbonyl (C=O) groups is 2. The summed E-state index contributed by atoms with van der Waals surface area (Å²) in [4.78, 5) is 25.8. The number of nitrogens with two attached hydrogens (primary N) is 1. The van der Waals surface area contributed by atoms with Gasteiger partial charge in [-0.3, -0.25) is 9.59 Å². The molecule has 0 aromatic heterocycles. The van der Waals surface area contributed by atoms with Gasteiger partial charge < -0.3 is 20.7 Å². The molecule has 3 rings (SSSR count). The van der Waals surface area contributed by atoms with Gasteiger partial charge >= 0.3 is 0 Å². The summed E-state index contributed by atoms with van der Waals surface area (Å²) in [5, 5.41) is 3.32. The van der Waals surface area contributed by atoms with E-state index < -0.39 is 0 Å². The molecular weight excluding hydrogens is 378 g/mol. The molecule has 1 radical (unpaired) electrons. The summed E-state index contributed by atoms with van der Waals surface area (Å²) >= 11 is 0. The molecule has 0 aliphatic carbocycles. The Morgan fingerprint density at radius 1 is 1.10 bits per heavy atom. The highest BCUT2D eigenvalue weighted by Gasteiger charge is 2.25. The number of hydrogen-bond acceptors (Lipinski definition) is 4. The zero-order chi connectivity index (χ0) is 21.2. The van der Waals surface area contributed by atoms with E-state index in [0.29, 0.717) is 19.6 Å². The van der Waals surface area contributed by atoms with Crippen LogP contribution in [0.3, 0.4) is 0 Å². The summed E-state index contributed by atoms with van der Waals surface area (Å²) in [6.07, 6.45) is 4.37. The first-order valence-electron chi connectivity index (χ1n) is 10.5. The number of ether oxygens (including phenoxy) is 1. The van der Waals surface area contributed by atoms with Crippen LogP contribution in [0, 0.1) is 6.42 Å². The second-order valence-electron chi connectivity index (χ2n) is 7.57. The smallest absolute Gasteiger partial charge is 0.227 e. The molecule has 1 saturated heterocycles. The molecule has 159 valence electrons. The van der Waals surface area contributed by atoms with Crippen LogP contribution in [0.2, 0.25) is 0 Å². The molecule has 1 aliphatic heterocycles. The summed E-state index contributed by atoms with van der Waals surface area (Å²) in [6, 6.07) is 17.9. The van der Waals surface area contributed by atoms with Crippen LogP contribution in [0.1, 0.15) is 30.4 Å². The van der Waals surface area contributed by atoms with Gasteiger partial charge in [-0.15, -0.1) is 0 Å². The molecule has 1 atom stereocenters. The number of benzene rings is 2. The van der Waals surface area contributed by atoms with E-state index in [-0.39, 0.29) is 24.3 Å². The van der Waals surface area contributed by atoms with Crippen LogP contribution < -0.4 is 15.8 Å². The molecule has 30 heavy (non-hydrogen) atoms. The molecule has 0 bridgehead atoms. The van der Waals surface area contributed by atoms with Crippen LogP contribution in [0.15, 0.2) is 54.6 Å². The van der Waals surface area contributed by atoms with Gasteiger partial charge in [0.05, 0.1) is 6.42 Å². The molecule has 6 heteroatoms. The first kappa shape index (κ1) is 21.8. The molecule has 6 nitrogen and oxygen atoms in total. The standard InChI is InChI=1S/C24H30N3O3/c25-23(28)14-16-27(21-7-4-15-26-17-21)24(29)13-10-19-8-11-22(12-9-19)30-18-20-5-2-1-3-6-20/h1-3,5-6,8-9,11-13,21,26H,4,7,10,14-18H2,(H2,25,28). The molecule has 2 aromatic rings. The normalized spacial score (nSPS) is 16.1. The first-order chi connectivity index (χ1) is 14.6. The van der Waals surface area contributed by atoms with Crippen LogP contribution in [0.25, 0.3) is 0 Å². The average Bonchev–Trinajstić information content (AvgIpc) is 2.78. The van der Waals surface area contributed by atoms with E-state index in [1.165, 1.54) is 0 Å². The van der Waals surface area contributed by atoms with Gasteiger partial charge in [0.15, 0.2) is 0 Å². The maximum atomic E-state index is 12.8. The number of carbonyl (C=O) groups excluding carboxylic acids is 2. The largest absolute Gasteiger partial charge is 0.489 e. The monoisotopic (exact) mass is 408 g/mol. The van der Waals surface area contributed by atoms with Crippen molar-refractivity contribution in [2.75, 3.05) is 19.6 Å². The van der Waals surface area contributed by atoms with Crippen molar-refractivity contribution in [1.82, 2.24) is 10.2 Å². The van der Waals surface area contributed by atoms with Gasteiger partial charge in [-0.2, -0.15) is 0 Å². The van der Waals surface area contributed by atoms with Crippen molar-refractivity contribution in [3.05, 3.63) is 72.1 Å². The van der Waals surface area contributed by atoms with E-state index in [1.807, 2.05) is 54.6 Å². The summed E-state index contributed by atoms with van der Waals surface area (Å²) in [5.41, 5.74) is 7.45. The quantitative estimate of drug-likeness (QED) is 0.633. The lowest BCUT2D eigenvalue weighted by molar-refractivity contribution is -0.131. The average molecular weight is 409 g/mol. The van der Waals surface area contributed by atoms with Crippen LogP contribution >= 0.6 is 0 Å². The van der Waals surface area contributed by atoms with Gasteiger partial charge in [0, 0.05) is 25.6 Å². The minimum Gasteiger partial charge on any atom is -0.489 e. The fraction of sp³-hybridized carbons (Fsp3) is 0.375. The highest BCUT2D eigenvalue weighted by atomic mass is 16.5. The van der Waals surface area contributed by atoms with Crippen molar-refractivity contribution in [3.63, 3.8) is 0 Å². The van der Waals surface area contributed by atoms with E-state index in [0.717, 1.165) is 42.8 Å². The van der Waals surface area contributed by atoms with E-state index in [1.54, 1.807) is 11.3 Å². The molecule has 2 aromatic carbocycles. The Kier molecular flexibility index (Phi) is 8.27. The van der Waals surface area contributed by atoms with Crippen LogP contribution in [-0.4, -0.2) is 42.4 Å². The number of nitrogens with zero attached hydrogens (tertiary/aromatic N) is 1. The number of nitrogens with one attached hydrogen (secondary N) is 1. The van der Waals surface area contributed by atoms with Gasteiger partial charge in [0.1, 0.15) is 12.4 Å². The Bertz CT molecular complexity index is 802. The minimum atomic E-state index is -0.386. The molecule has 2 amide bonds. The zero-order valence-corrected chi connectivity index (χ0v) is 17.3. The Balaban J connectivity index is 1.50. The lowest BCUT2D eigenvalue weighted by Crippen LogP contribution is -2.49. The number of piperidine rings is 1. The van der Waals surface area contributed by atoms with Gasteiger partial charge in [-0.1, -0.05) is 42.5 Å².